The summed E-state index contributed by atoms with van der Waals surface area (Å²) >= 11 is 7.70. The molecule has 0 radical (unpaired) electrons. The van der Waals surface area contributed by atoms with E-state index in [4.69, 9.17) is 27.4 Å². The smallest absolute Gasteiger partial charge is 0.255 e. The lowest BCUT2D eigenvalue weighted by atomic mass is 9.99. The number of nitrogens with zero attached hydrogens (tertiary/aromatic N) is 5. The van der Waals surface area contributed by atoms with Gasteiger partial charge in [-0.1, -0.05) is 29.8 Å². The summed E-state index contributed by atoms with van der Waals surface area (Å²) in [7, 11) is 0. The number of hydrogen-bond donors (Lipinski definition) is 5. The molecule has 4 aliphatic heterocycles. The summed E-state index contributed by atoms with van der Waals surface area (Å²) in [5.74, 6) is -1.23. The van der Waals surface area contributed by atoms with E-state index in [1.54, 1.807) is 46.0 Å². The zero-order valence-corrected chi connectivity index (χ0v) is 32.9. The molecule has 2 fully saturated rings. The van der Waals surface area contributed by atoms with Crippen molar-refractivity contribution in [1.29, 1.82) is 10.8 Å². The first-order valence-corrected chi connectivity index (χ1v) is 19.7. The van der Waals surface area contributed by atoms with Crippen LogP contribution in [0.25, 0.3) is 0 Å². The van der Waals surface area contributed by atoms with Gasteiger partial charge in [-0.25, -0.2) is 5.01 Å². The number of piperazine rings is 1. The number of nitrogens with one attached hydrogen (secondary N) is 5. The molecule has 2 atom stereocenters. The second kappa shape index (κ2) is 16.0. The predicted molar refractivity (Wildman–Crippen MR) is 215 cm³/mol. The number of carbonyl (C=O) groups excluding carboxylic acids is 5. The van der Waals surface area contributed by atoms with Crippen molar-refractivity contribution < 1.29 is 24.0 Å². The molecular formula is C39H43ClN10O5S. The minimum atomic E-state index is -0.861. The summed E-state index contributed by atoms with van der Waals surface area (Å²) < 4.78 is 0. The number of benzene rings is 2. The summed E-state index contributed by atoms with van der Waals surface area (Å²) in [5, 5.41) is 26.4. The van der Waals surface area contributed by atoms with Crippen molar-refractivity contribution in [1.82, 2.24) is 25.6 Å². The highest BCUT2D eigenvalue weighted by molar-refractivity contribution is 7.17. The first-order valence-electron chi connectivity index (χ1n) is 18.5. The highest BCUT2D eigenvalue weighted by Gasteiger charge is 2.40. The van der Waals surface area contributed by atoms with Crippen molar-refractivity contribution >= 4 is 80.5 Å². The number of halogens is 1. The lowest BCUT2D eigenvalue weighted by molar-refractivity contribution is -0.137. The lowest BCUT2D eigenvalue weighted by Crippen LogP contribution is -2.55. The number of fused-ring (bicyclic) bond motifs is 2. The summed E-state index contributed by atoms with van der Waals surface area (Å²) in [4.78, 5) is 74.9. The van der Waals surface area contributed by atoms with Gasteiger partial charge < -0.3 is 15.1 Å². The van der Waals surface area contributed by atoms with Crippen LogP contribution in [0.4, 0.5) is 10.7 Å². The van der Waals surface area contributed by atoms with Gasteiger partial charge in [-0.2, -0.15) is 0 Å². The topological polar surface area (TPSA) is 194 Å². The van der Waals surface area contributed by atoms with Crippen LogP contribution in [-0.4, -0.2) is 107 Å². The first kappa shape index (κ1) is 38.8. The van der Waals surface area contributed by atoms with Gasteiger partial charge in [-0.3, -0.25) is 55.4 Å². The average molecular weight is 799 g/mol. The Kier molecular flexibility index (Phi) is 11.1. The lowest BCUT2D eigenvalue weighted by Gasteiger charge is -2.35. The van der Waals surface area contributed by atoms with Crippen LogP contribution in [-0.2, 0) is 25.7 Å². The molecule has 292 valence electrons. The summed E-state index contributed by atoms with van der Waals surface area (Å²) in [5.41, 5.74) is 8.21. The number of piperidine rings is 1. The molecular weight excluding hydrogens is 756 g/mol. The van der Waals surface area contributed by atoms with Crippen LogP contribution in [0.2, 0.25) is 5.02 Å². The highest BCUT2D eigenvalue weighted by atomic mass is 35.5. The molecule has 3 aromatic rings. The fourth-order valence-electron chi connectivity index (χ4n) is 7.57. The molecule has 0 aliphatic carbocycles. The molecule has 1 aromatic heterocycles. The standard InChI is InChI=1S/C39H43ClN10O5S/c1-21-22(2)56-39-34(21)35(24-7-9-25(40)10-8-24)44-29(36(42)50(39)23(3)41)19-32(52)46-48-17-15-47(16-18-48)33(53)13-14-43-28-6-4-5-26-27(28)20-49(38(26)55)30-11-12-31(51)45-37(30)54/h4-10,29-30,41-43H,11-20H2,1-3H3,(H,46,52)(H,45,51,54)/t29-,30?/m0/s1. The van der Waals surface area contributed by atoms with E-state index in [-0.39, 0.29) is 67.5 Å². The second-order valence-corrected chi connectivity index (χ2v) is 15.9. The molecule has 15 nitrogen and oxygen atoms in total. The van der Waals surface area contributed by atoms with Gasteiger partial charge in [0, 0.05) is 90.0 Å². The van der Waals surface area contributed by atoms with Crippen molar-refractivity contribution in [3.63, 3.8) is 0 Å². The van der Waals surface area contributed by atoms with Gasteiger partial charge in [0.25, 0.3) is 5.91 Å². The van der Waals surface area contributed by atoms with Crippen molar-refractivity contribution in [2.75, 3.05) is 42.9 Å². The number of carbonyl (C=O) groups is 5. The third-order valence-electron chi connectivity index (χ3n) is 10.6. The minimum Gasteiger partial charge on any atom is -0.384 e. The largest absolute Gasteiger partial charge is 0.384 e. The highest BCUT2D eigenvalue weighted by Crippen LogP contribution is 2.40. The number of aliphatic imine (C=N–C) groups is 1. The SMILES string of the molecule is CC(=N)N1C(=N)[C@H](CC(=O)NN2CCN(C(=O)CCNc3cccc4c3CN(C3CCC(=O)NC3=O)C4=O)CC2)N=C(c2ccc(Cl)cc2)c2c1sc(C)c2C. The van der Waals surface area contributed by atoms with Crippen LogP contribution in [0.5, 0.6) is 0 Å². The average Bonchev–Trinajstić information content (AvgIpc) is 3.61. The molecule has 56 heavy (non-hydrogen) atoms. The van der Waals surface area contributed by atoms with Gasteiger partial charge in [0.15, 0.2) is 0 Å². The van der Waals surface area contributed by atoms with E-state index in [1.165, 1.54) is 16.2 Å². The Morgan fingerprint density at radius 1 is 1.05 bits per heavy atom. The number of hydrogen-bond acceptors (Lipinski definition) is 11. The Hall–Kier alpha value is -5.45. The van der Waals surface area contributed by atoms with E-state index in [0.29, 0.717) is 49.0 Å². The van der Waals surface area contributed by atoms with Crippen LogP contribution in [0.1, 0.15) is 70.1 Å². The molecule has 5 heterocycles. The number of amides is 5. The maximum Gasteiger partial charge on any atom is 0.255 e. The minimum absolute atomic E-state index is 0.0434. The van der Waals surface area contributed by atoms with E-state index in [1.807, 2.05) is 32.0 Å². The number of hydrazine groups is 1. The molecule has 2 aromatic carbocycles. The van der Waals surface area contributed by atoms with Crippen LogP contribution in [0.15, 0.2) is 47.5 Å². The number of rotatable bonds is 9. The normalized spacial score (nSPS) is 19.9. The quantitative estimate of drug-likeness (QED) is 0.122. The Morgan fingerprint density at radius 3 is 2.48 bits per heavy atom. The van der Waals surface area contributed by atoms with Gasteiger partial charge in [-0.15, -0.1) is 11.3 Å². The number of amidine groups is 2. The Balaban J connectivity index is 0.935. The maximum absolute atomic E-state index is 13.5. The van der Waals surface area contributed by atoms with Gasteiger partial charge in [0.2, 0.25) is 23.6 Å². The third-order valence-corrected chi connectivity index (χ3v) is 12.1. The molecule has 0 spiro atoms. The molecule has 4 aliphatic rings. The van der Waals surface area contributed by atoms with E-state index in [2.05, 4.69) is 16.1 Å². The molecule has 2 saturated heterocycles. The zero-order valence-electron chi connectivity index (χ0n) is 31.3. The van der Waals surface area contributed by atoms with Gasteiger partial charge in [0.05, 0.1) is 12.1 Å². The van der Waals surface area contributed by atoms with Gasteiger partial charge in [0.1, 0.15) is 28.8 Å². The number of anilines is 2. The van der Waals surface area contributed by atoms with Crippen molar-refractivity contribution in [3.05, 3.63) is 80.2 Å². The molecule has 1 unspecified atom stereocenters. The van der Waals surface area contributed by atoms with E-state index >= 15 is 0 Å². The molecule has 7 rings (SSSR count). The maximum atomic E-state index is 13.5. The summed E-state index contributed by atoms with van der Waals surface area (Å²) in [6.07, 6.45) is 0.563. The monoisotopic (exact) mass is 798 g/mol. The van der Waals surface area contributed by atoms with Gasteiger partial charge in [-0.05, 0) is 57.0 Å². The van der Waals surface area contributed by atoms with Gasteiger partial charge >= 0.3 is 0 Å². The van der Waals surface area contributed by atoms with E-state index < -0.39 is 18.0 Å². The predicted octanol–water partition coefficient (Wildman–Crippen LogP) is 3.85. The molecule has 0 saturated carbocycles. The van der Waals surface area contributed by atoms with Crippen molar-refractivity contribution in [2.45, 2.75) is 65.1 Å². The van der Waals surface area contributed by atoms with Crippen molar-refractivity contribution in [2.24, 2.45) is 4.99 Å². The number of aryl methyl sites for hydroxylation is 1. The fraction of sp³-hybridized carbons (Fsp3) is 0.385. The fourth-order valence-corrected chi connectivity index (χ4v) is 8.92. The molecule has 5 N–H and O–H groups in total. The third kappa shape index (κ3) is 7.68. The van der Waals surface area contributed by atoms with Crippen LogP contribution < -0.4 is 21.0 Å². The van der Waals surface area contributed by atoms with Crippen LogP contribution >= 0.6 is 22.9 Å². The Bertz CT molecular complexity index is 2180. The summed E-state index contributed by atoms with van der Waals surface area (Å²) in [6.45, 7) is 7.85. The number of imide groups is 1. The van der Waals surface area contributed by atoms with Crippen LogP contribution in [0, 0.1) is 24.7 Å². The molecule has 5 amide bonds. The zero-order chi connectivity index (χ0) is 39.8. The second-order valence-electron chi connectivity index (χ2n) is 14.3. The van der Waals surface area contributed by atoms with Crippen molar-refractivity contribution in [3.8, 4) is 0 Å². The van der Waals surface area contributed by atoms with Crippen LogP contribution in [0.3, 0.4) is 0 Å². The molecule has 0 bridgehead atoms. The Labute approximate surface area is 333 Å². The molecule has 17 heteroatoms. The summed E-state index contributed by atoms with van der Waals surface area (Å²) in [6, 6.07) is 11.1. The Morgan fingerprint density at radius 2 is 1.79 bits per heavy atom. The number of thiophene rings is 1. The van der Waals surface area contributed by atoms with E-state index in [9.17, 15) is 24.0 Å². The first-order chi connectivity index (χ1) is 26.8. The van der Waals surface area contributed by atoms with E-state index in [0.717, 1.165) is 37.8 Å².